The number of hydrogen-bond donors (Lipinski definition) is 0. The first-order valence-corrected chi connectivity index (χ1v) is 8.41. The smallest absolute Gasteiger partial charge is 0.103 e. The monoisotopic (exact) mass is 308 g/mol. The van der Waals surface area contributed by atoms with Crippen molar-refractivity contribution in [1.29, 1.82) is 0 Å². The van der Waals surface area contributed by atoms with Crippen LogP contribution < -0.4 is 0 Å². The molecule has 0 radical (unpaired) electrons. The van der Waals surface area contributed by atoms with E-state index in [2.05, 4.69) is 53.2 Å². The fourth-order valence-corrected chi connectivity index (χ4v) is 3.70. The van der Waals surface area contributed by atoms with Gasteiger partial charge in [0.15, 0.2) is 0 Å². The van der Waals surface area contributed by atoms with Gasteiger partial charge in [0.2, 0.25) is 0 Å². The Morgan fingerprint density at radius 1 is 0.762 bits per heavy atom. The van der Waals surface area contributed by atoms with Crippen molar-refractivity contribution in [1.82, 2.24) is 9.78 Å². The first-order chi connectivity index (χ1) is 10.4. The van der Waals surface area contributed by atoms with Gasteiger partial charge < -0.3 is 0 Å². The molecule has 0 aliphatic carbocycles. The first-order valence-electron chi connectivity index (χ1n) is 6.65. The summed E-state index contributed by atoms with van der Waals surface area (Å²) in [6, 6.07) is 20.8. The van der Waals surface area contributed by atoms with Crippen molar-refractivity contribution in [3.05, 3.63) is 71.4 Å². The molecular formula is C17H12N2S2. The molecule has 0 fully saturated rings. The highest BCUT2D eigenvalue weighted by Crippen LogP contribution is 2.32. The normalized spacial score (nSPS) is 10.9. The zero-order chi connectivity index (χ0) is 14.1. The van der Waals surface area contributed by atoms with Crippen molar-refractivity contribution < 1.29 is 0 Å². The Kier molecular flexibility index (Phi) is 3.18. The Balaban J connectivity index is 1.92. The Morgan fingerprint density at radius 3 is 2.14 bits per heavy atom. The Bertz CT molecular complexity index is 828. The minimum Gasteiger partial charge on any atom is -0.232 e. The van der Waals surface area contributed by atoms with E-state index in [0.29, 0.717) is 0 Å². The summed E-state index contributed by atoms with van der Waals surface area (Å²) in [5, 5.41) is 9.00. The maximum absolute atomic E-state index is 4.81. The lowest BCUT2D eigenvalue weighted by Crippen LogP contribution is -1.97. The molecule has 0 amide bonds. The maximum Gasteiger partial charge on any atom is 0.103 e. The molecule has 0 aliphatic rings. The number of thiophene rings is 2. The van der Waals surface area contributed by atoms with Crippen LogP contribution in [0.1, 0.15) is 0 Å². The van der Waals surface area contributed by atoms with E-state index in [9.17, 15) is 0 Å². The average molecular weight is 308 g/mol. The number of nitrogens with zero attached hydrogens (tertiary/aromatic N) is 2. The van der Waals surface area contributed by atoms with Crippen LogP contribution in [0.4, 0.5) is 0 Å². The SMILES string of the molecule is c1ccc(-n2nc(-c3cccs3)cc2-c2cccs2)cc1. The maximum atomic E-state index is 4.81. The molecule has 0 N–H and O–H groups in total. The number of para-hydroxylation sites is 1. The number of rotatable bonds is 3. The summed E-state index contributed by atoms with van der Waals surface area (Å²) >= 11 is 3.46. The van der Waals surface area contributed by atoms with Crippen LogP contribution in [0.5, 0.6) is 0 Å². The van der Waals surface area contributed by atoms with E-state index >= 15 is 0 Å². The molecule has 3 heterocycles. The fourth-order valence-electron chi connectivity index (χ4n) is 2.29. The fraction of sp³-hybridized carbons (Fsp3) is 0. The lowest BCUT2D eigenvalue weighted by atomic mass is 10.2. The largest absolute Gasteiger partial charge is 0.232 e. The van der Waals surface area contributed by atoms with Crippen LogP contribution in [0.25, 0.3) is 26.8 Å². The van der Waals surface area contributed by atoms with Crippen LogP contribution in [-0.2, 0) is 0 Å². The molecule has 4 rings (SSSR count). The third kappa shape index (κ3) is 2.33. The molecule has 102 valence electrons. The zero-order valence-corrected chi connectivity index (χ0v) is 12.8. The Labute approximate surface area is 130 Å². The summed E-state index contributed by atoms with van der Waals surface area (Å²) in [7, 11) is 0. The molecule has 3 aromatic heterocycles. The second kappa shape index (κ2) is 5.31. The highest BCUT2D eigenvalue weighted by atomic mass is 32.1. The van der Waals surface area contributed by atoms with Gasteiger partial charge in [0, 0.05) is 0 Å². The van der Waals surface area contributed by atoms with Crippen molar-refractivity contribution >= 4 is 22.7 Å². The molecule has 0 saturated carbocycles. The predicted octanol–water partition coefficient (Wildman–Crippen LogP) is 5.33. The predicted molar refractivity (Wildman–Crippen MR) is 90.2 cm³/mol. The lowest BCUT2D eigenvalue weighted by Gasteiger charge is -2.05. The molecule has 2 nitrogen and oxygen atoms in total. The topological polar surface area (TPSA) is 17.8 Å². The molecule has 0 spiro atoms. The molecular weight excluding hydrogens is 296 g/mol. The van der Waals surface area contributed by atoms with E-state index in [4.69, 9.17) is 5.10 Å². The minimum absolute atomic E-state index is 1.03. The van der Waals surface area contributed by atoms with Gasteiger partial charge in [-0.15, -0.1) is 22.7 Å². The van der Waals surface area contributed by atoms with Gasteiger partial charge in [0.1, 0.15) is 5.69 Å². The molecule has 0 atom stereocenters. The van der Waals surface area contributed by atoms with E-state index in [1.54, 1.807) is 22.7 Å². The second-order valence-corrected chi connectivity index (χ2v) is 6.51. The summed E-state index contributed by atoms with van der Waals surface area (Å²) in [6.45, 7) is 0. The van der Waals surface area contributed by atoms with Gasteiger partial charge in [-0.1, -0.05) is 30.3 Å². The van der Waals surface area contributed by atoms with Crippen LogP contribution in [0, 0.1) is 0 Å². The van der Waals surface area contributed by atoms with Gasteiger partial charge in [-0.25, -0.2) is 4.68 Å². The summed E-state index contributed by atoms with van der Waals surface area (Å²) in [4.78, 5) is 2.43. The Hall–Kier alpha value is -2.17. The van der Waals surface area contributed by atoms with Crippen LogP contribution >= 0.6 is 22.7 Å². The van der Waals surface area contributed by atoms with Crippen LogP contribution in [0.3, 0.4) is 0 Å². The molecule has 21 heavy (non-hydrogen) atoms. The van der Waals surface area contributed by atoms with E-state index < -0.39 is 0 Å². The minimum atomic E-state index is 1.03. The van der Waals surface area contributed by atoms with Gasteiger partial charge in [0.25, 0.3) is 0 Å². The summed E-state index contributed by atoms with van der Waals surface area (Å²) in [5.41, 5.74) is 3.25. The van der Waals surface area contributed by atoms with Crippen LogP contribution in [0.15, 0.2) is 71.4 Å². The second-order valence-electron chi connectivity index (χ2n) is 4.62. The molecule has 0 unspecified atom stereocenters. The van der Waals surface area contributed by atoms with Crippen molar-refractivity contribution in [2.75, 3.05) is 0 Å². The number of hydrogen-bond acceptors (Lipinski definition) is 3. The molecule has 4 aromatic rings. The van der Waals surface area contributed by atoms with E-state index in [1.165, 1.54) is 9.75 Å². The summed E-state index contributed by atoms with van der Waals surface area (Å²) < 4.78 is 2.03. The lowest BCUT2D eigenvalue weighted by molar-refractivity contribution is 0.894. The van der Waals surface area contributed by atoms with Gasteiger partial charge in [-0.2, -0.15) is 5.10 Å². The van der Waals surface area contributed by atoms with E-state index in [0.717, 1.165) is 17.1 Å². The van der Waals surface area contributed by atoms with Crippen molar-refractivity contribution in [2.24, 2.45) is 0 Å². The number of benzene rings is 1. The molecule has 4 heteroatoms. The van der Waals surface area contributed by atoms with Crippen LogP contribution in [-0.4, -0.2) is 9.78 Å². The average Bonchev–Trinajstić information content (AvgIpc) is 3.27. The first kappa shape index (κ1) is 12.6. The quantitative estimate of drug-likeness (QED) is 0.500. The Morgan fingerprint density at radius 2 is 1.48 bits per heavy atom. The molecule has 0 aliphatic heterocycles. The van der Waals surface area contributed by atoms with Crippen molar-refractivity contribution in [3.8, 4) is 26.8 Å². The van der Waals surface area contributed by atoms with Crippen LogP contribution in [0.2, 0.25) is 0 Å². The summed E-state index contributed by atoms with van der Waals surface area (Å²) in [6.07, 6.45) is 0. The van der Waals surface area contributed by atoms with Crippen molar-refractivity contribution in [3.63, 3.8) is 0 Å². The highest BCUT2D eigenvalue weighted by molar-refractivity contribution is 7.14. The highest BCUT2D eigenvalue weighted by Gasteiger charge is 2.13. The third-order valence-corrected chi connectivity index (χ3v) is 5.04. The molecule has 0 saturated heterocycles. The van der Waals surface area contributed by atoms with E-state index in [1.807, 2.05) is 22.9 Å². The third-order valence-electron chi connectivity index (χ3n) is 3.26. The molecule has 1 aromatic carbocycles. The van der Waals surface area contributed by atoms with Gasteiger partial charge in [0.05, 0.1) is 21.1 Å². The summed E-state index contributed by atoms with van der Waals surface area (Å²) in [5.74, 6) is 0. The molecule has 0 bridgehead atoms. The number of aromatic nitrogens is 2. The standard InChI is InChI=1S/C17H12N2S2/c1-2-6-13(7-3-1)19-15(17-9-5-11-21-17)12-14(18-19)16-8-4-10-20-16/h1-12H. The van der Waals surface area contributed by atoms with Gasteiger partial charge in [-0.05, 0) is 41.1 Å². The zero-order valence-electron chi connectivity index (χ0n) is 11.1. The van der Waals surface area contributed by atoms with E-state index in [-0.39, 0.29) is 0 Å². The van der Waals surface area contributed by atoms with Gasteiger partial charge in [-0.3, -0.25) is 0 Å². The van der Waals surface area contributed by atoms with Gasteiger partial charge >= 0.3 is 0 Å². The van der Waals surface area contributed by atoms with Crippen molar-refractivity contribution in [2.45, 2.75) is 0 Å².